The number of nitrogens with zero attached hydrogens (tertiary/aromatic N) is 1. The number of halogens is 1. The Hall–Kier alpha value is -3.41. The van der Waals surface area contributed by atoms with Gasteiger partial charge < -0.3 is 14.6 Å². The first-order valence-electron chi connectivity index (χ1n) is 9.12. The van der Waals surface area contributed by atoms with Crippen LogP contribution in [0.25, 0.3) is 11.3 Å². The molecule has 1 aliphatic rings. The Kier molecular flexibility index (Phi) is 4.93. The molecule has 0 spiro atoms. The zero-order valence-corrected chi connectivity index (χ0v) is 15.2. The van der Waals surface area contributed by atoms with E-state index in [9.17, 15) is 14.0 Å². The van der Waals surface area contributed by atoms with E-state index in [1.807, 2.05) is 17.0 Å². The Morgan fingerprint density at radius 3 is 2.46 bits per heavy atom. The minimum Gasteiger partial charge on any atom is -0.451 e. The summed E-state index contributed by atoms with van der Waals surface area (Å²) in [4.78, 5) is 26.0. The molecular weight excluding hydrogens is 359 g/mol. The lowest BCUT2D eigenvalue weighted by Crippen LogP contribution is -2.23. The number of benzene rings is 2. The lowest BCUT2D eigenvalue weighted by molar-refractivity contribution is -0.128. The third-order valence-electron chi connectivity index (χ3n) is 4.72. The third kappa shape index (κ3) is 3.96. The van der Waals surface area contributed by atoms with Gasteiger partial charge in [0.25, 0.3) is 5.91 Å². The van der Waals surface area contributed by atoms with Gasteiger partial charge in [-0.1, -0.05) is 12.1 Å². The molecule has 2 amide bonds. The Morgan fingerprint density at radius 1 is 1.04 bits per heavy atom. The molecular formula is C22H19FN2O3. The molecule has 1 saturated heterocycles. The topological polar surface area (TPSA) is 62.6 Å². The molecule has 5 nitrogen and oxygen atoms in total. The number of hydrogen-bond acceptors (Lipinski definition) is 3. The van der Waals surface area contributed by atoms with Gasteiger partial charge in [-0.05, 0) is 60.5 Å². The highest BCUT2D eigenvalue weighted by Crippen LogP contribution is 2.23. The lowest BCUT2D eigenvalue weighted by atomic mass is 10.2. The quantitative estimate of drug-likeness (QED) is 0.713. The van der Waals surface area contributed by atoms with Crippen molar-refractivity contribution in [2.45, 2.75) is 19.4 Å². The number of anilines is 1. The van der Waals surface area contributed by atoms with E-state index in [2.05, 4.69) is 5.32 Å². The van der Waals surface area contributed by atoms with Crippen LogP contribution < -0.4 is 5.32 Å². The van der Waals surface area contributed by atoms with Crippen molar-refractivity contribution in [2.75, 3.05) is 11.9 Å². The molecule has 1 N–H and O–H groups in total. The van der Waals surface area contributed by atoms with E-state index in [0.29, 0.717) is 30.0 Å². The van der Waals surface area contributed by atoms with Gasteiger partial charge in [-0.3, -0.25) is 9.59 Å². The smallest absolute Gasteiger partial charge is 0.291 e. The van der Waals surface area contributed by atoms with Crippen molar-refractivity contribution in [3.8, 4) is 11.3 Å². The summed E-state index contributed by atoms with van der Waals surface area (Å²) in [5.74, 6) is 0.163. The molecule has 28 heavy (non-hydrogen) atoms. The Balaban J connectivity index is 1.39. The van der Waals surface area contributed by atoms with Crippen molar-refractivity contribution in [1.29, 1.82) is 0 Å². The molecule has 0 unspecified atom stereocenters. The fourth-order valence-corrected chi connectivity index (χ4v) is 3.21. The first kappa shape index (κ1) is 18.0. The number of amides is 2. The van der Waals surface area contributed by atoms with E-state index in [1.165, 1.54) is 12.1 Å². The van der Waals surface area contributed by atoms with Gasteiger partial charge in [-0.2, -0.15) is 0 Å². The summed E-state index contributed by atoms with van der Waals surface area (Å²) in [7, 11) is 0. The fraction of sp³-hybridized carbons (Fsp3) is 0.182. The van der Waals surface area contributed by atoms with Gasteiger partial charge >= 0.3 is 0 Å². The largest absolute Gasteiger partial charge is 0.451 e. The number of furan rings is 1. The first-order chi connectivity index (χ1) is 13.6. The van der Waals surface area contributed by atoms with Gasteiger partial charge in [0.2, 0.25) is 5.91 Å². The maximum atomic E-state index is 13.0. The predicted octanol–water partition coefficient (Wildman–Crippen LogP) is 4.46. The van der Waals surface area contributed by atoms with Crippen molar-refractivity contribution in [1.82, 2.24) is 4.90 Å². The Labute approximate surface area is 161 Å². The van der Waals surface area contributed by atoms with E-state index in [-0.39, 0.29) is 23.4 Å². The van der Waals surface area contributed by atoms with Gasteiger partial charge in [0.15, 0.2) is 5.76 Å². The van der Waals surface area contributed by atoms with Crippen molar-refractivity contribution in [3.63, 3.8) is 0 Å². The molecule has 0 saturated carbocycles. The molecule has 142 valence electrons. The summed E-state index contributed by atoms with van der Waals surface area (Å²) in [5.41, 5.74) is 2.35. The molecule has 0 atom stereocenters. The van der Waals surface area contributed by atoms with Crippen LogP contribution in [0.3, 0.4) is 0 Å². The second-order valence-corrected chi connectivity index (χ2v) is 6.74. The zero-order valence-electron chi connectivity index (χ0n) is 15.2. The van der Waals surface area contributed by atoms with Crippen molar-refractivity contribution >= 4 is 17.5 Å². The van der Waals surface area contributed by atoms with Gasteiger partial charge in [0.1, 0.15) is 11.6 Å². The van der Waals surface area contributed by atoms with Crippen LogP contribution in [0.5, 0.6) is 0 Å². The number of likely N-dealkylation sites (tertiary alicyclic amines) is 1. The van der Waals surface area contributed by atoms with Crippen LogP contribution in [0.1, 0.15) is 29.0 Å². The third-order valence-corrected chi connectivity index (χ3v) is 4.72. The van der Waals surface area contributed by atoms with Crippen LogP contribution in [0.4, 0.5) is 10.1 Å². The molecule has 0 aliphatic carbocycles. The predicted molar refractivity (Wildman–Crippen MR) is 103 cm³/mol. The molecule has 2 aromatic carbocycles. The Morgan fingerprint density at radius 2 is 1.79 bits per heavy atom. The number of nitrogens with one attached hydrogen (secondary N) is 1. The summed E-state index contributed by atoms with van der Waals surface area (Å²) in [6.45, 7) is 1.39. The summed E-state index contributed by atoms with van der Waals surface area (Å²) in [5, 5.41) is 2.79. The van der Waals surface area contributed by atoms with E-state index in [0.717, 1.165) is 18.5 Å². The monoisotopic (exact) mass is 378 g/mol. The van der Waals surface area contributed by atoms with Gasteiger partial charge in [-0.25, -0.2) is 4.39 Å². The number of hydrogen-bond donors (Lipinski definition) is 1. The summed E-state index contributed by atoms with van der Waals surface area (Å²) in [6, 6.07) is 16.5. The fourth-order valence-electron chi connectivity index (χ4n) is 3.21. The number of carbonyl (C=O) groups is 2. The molecule has 1 aromatic heterocycles. The normalized spacial score (nSPS) is 13.8. The molecule has 3 aromatic rings. The minimum atomic E-state index is -0.365. The lowest BCUT2D eigenvalue weighted by Gasteiger charge is -2.15. The molecule has 4 rings (SSSR count). The van der Waals surface area contributed by atoms with Crippen molar-refractivity contribution in [3.05, 3.63) is 77.8 Å². The van der Waals surface area contributed by atoms with E-state index in [4.69, 9.17) is 4.42 Å². The summed E-state index contributed by atoms with van der Waals surface area (Å²) >= 11 is 0. The Bertz CT molecular complexity index is 993. The standard InChI is InChI=1S/C22H19FN2O3/c23-17-7-5-16(6-8-17)19-11-12-20(28-19)22(27)24-18-9-3-15(4-10-18)14-25-13-1-2-21(25)26/h3-12H,1-2,13-14H2,(H,24,27). The second kappa shape index (κ2) is 7.68. The molecule has 0 bridgehead atoms. The maximum Gasteiger partial charge on any atom is 0.291 e. The van der Waals surface area contributed by atoms with Crippen LogP contribution >= 0.6 is 0 Å². The highest BCUT2D eigenvalue weighted by Gasteiger charge is 2.20. The van der Waals surface area contributed by atoms with E-state index in [1.54, 1.807) is 36.4 Å². The van der Waals surface area contributed by atoms with E-state index < -0.39 is 0 Å². The van der Waals surface area contributed by atoms with Crippen LogP contribution in [-0.2, 0) is 11.3 Å². The molecule has 1 aliphatic heterocycles. The maximum absolute atomic E-state index is 13.0. The molecule has 1 fully saturated rings. The second-order valence-electron chi connectivity index (χ2n) is 6.74. The van der Waals surface area contributed by atoms with Crippen molar-refractivity contribution in [2.24, 2.45) is 0 Å². The highest BCUT2D eigenvalue weighted by molar-refractivity contribution is 6.02. The van der Waals surface area contributed by atoms with Crippen LogP contribution in [0.15, 0.2) is 65.1 Å². The van der Waals surface area contributed by atoms with Gasteiger partial charge in [-0.15, -0.1) is 0 Å². The van der Waals surface area contributed by atoms with Crippen molar-refractivity contribution < 1.29 is 18.4 Å². The first-order valence-corrected chi connectivity index (χ1v) is 9.12. The number of rotatable bonds is 5. The van der Waals surface area contributed by atoms with Gasteiger partial charge in [0, 0.05) is 30.8 Å². The summed E-state index contributed by atoms with van der Waals surface area (Å²) in [6.07, 6.45) is 1.53. The highest BCUT2D eigenvalue weighted by atomic mass is 19.1. The van der Waals surface area contributed by atoms with Crippen LogP contribution in [0.2, 0.25) is 0 Å². The molecule has 6 heteroatoms. The van der Waals surface area contributed by atoms with Crippen LogP contribution in [0, 0.1) is 5.82 Å². The SMILES string of the molecule is O=C(Nc1ccc(CN2CCCC2=O)cc1)c1ccc(-c2ccc(F)cc2)o1. The number of carbonyl (C=O) groups excluding carboxylic acids is 2. The zero-order chi connectivity index (χ0) is 19.5. The average Bonchev–Trinajstić information content (AvgIpc) is 3.34. The van der Waals surface area contributed by atoms with Crippen LogP contribution in [-0.4, -0.2) is 23.3 Å². The molecule has 2 heterocycles. The average molecular weight is 378 g/mol. The summed E-state index contributed by atoms with van der Waals surface area (Å²) < 4.78 is 18.6. The molecule has 0 radical (unpaired) electrons. The minimum absolute atomic E-state index is 0.172. The van der Waals surface area contributed by atoms with Gasteiger partial charge in [0.05, 0.1) is 0 Å². The van der Waals surface area contributed by atoms with E-state index >= 15 is 0 Å².